The Morgan fingerprint density at radius 3 is 2.47 bits per heavy atom. The van der Waals surface area contributed by atoms with Gasteiger partial charge in [-0.05, 0) is 43.4 Å². The van der Waals surface area contributed by atoms with Gasteiger partial charge in [-0.15, -0.1) is 0 Å². The van der Waals surface area contributed by atoms with E-state index >= 15 is 0 Å². The number of carbonyl (C=O) groups excluding carboxylic acids is 1. The number of amides is 1. The second-order valence-corrected chi connectivity index (χ2v) is 6.14. The van der Waals surface area contributed by atoms with Crippen LogP contribution in [-0.2, 0) is 4.79 Å². The van der Waals surface area contributed by atoms with Crippen molar-refractivity contribution in [3.8, 4) is 0 Å². The summed E-state index contributed by atoms with van der Waals surface area (Å²) in [4.78, 5) is 11.7. The standard InChI is InChI=1S/C14H26N2O/c1-10-2-4-11(5-3-10)9-16-14(17)8-13(15)12-6-7-12/h10-13H,2-9,15H2,1H3,(H,16,17). The molecule has 2 aliphatic carbocycles. The summed E-state index contributed by atoms with van der Waals surface area (Å²) in [5.41, 5.74) is 5.95. The maximum atomic E-state index is 11.7. The second-order valence-electron chi connectivity index (χ2n) is 6.14. The van der Waals surface area contributed by atoms with Crippen LogP contribution in [0.1, 0.15) is 51.9 Å². The summed E-state index contributed by atoms with van der Waals surface area (Å²) in [6.07, 6.45) is 8.15. The quantitative estimate of drug-likeness (QED) is 0.770. The molecule has 1 unspecified atom stereocenters. The zero-order valence-electron chi connectivity index (χ0n) is 11.0. The molecule has 3 N–H and O–H groups in total. The van der Waals surface area contributed by atoms with E-state index in [-0.39, 0.29) is 11.9 Å². The fraction of sp³-hybridized carbons (Fsp3) is 0.929. The molecule has 0 aromatic carbocycles. The molecular weight excluding hydrogens is 212 g/mol. The molecule has 0 aromatic rings. The predicted molar refractivity (Wildman–Crippen MR) is 69.4 cm³/mol. The van der Waals surface area contributed by atoms with Crippen LogP contribution in [0.25, 0.3) is 0 Å². The van der Waals surface area contributed by atoms with Crippen LogP contribution >= 0.6 is 0 Å². The summed E-state index contributed by atoms with van der Waals surface area (Å²) in [5.74, 6) is 2.36. The Morgan fingerprint density at radius 2 is 1.88 bits per heavy atom. The van der Waals surface area contributed by atoms with Crippen LogP contribution in [0.5, 0.6) is 0 Å². The highest BCUT2D eigenvalue weighted by atomic mass is 16.1. The van der Waals surface area contributed by atoms with Crippen LogP contribution < -0.4 is 11.1 Å². The Kier molecular flexibility index (Phi) is 4.43. The summed E-state index contributed by atoms with van der Waals surface area (Å²) in [7, 11) is 0. The normalized spacial score (nSPS) is 30.9. The van der Waals surface area contributed by atoms with E-state index in [9.17, 15) is 4.79 Å². The molecular formula is C14H26N2O. The van der Waals surface area contributed by atoms with E-state index in [4.69, 9.17) is 5.73 Å². The molecule has 98 valence electrons. The average Bonchev–Trinajstić information content (AvgIpc) is 3.12. The van der Waals surface area contributed by atoms with Gasteiger partial charge in [-0.25, -0.2) is 0 Å². The Labute approximate surface area is 105 Å². The molecule has 3 heteroatoms. The van der Waals surface area contributed by atoms with Crippen molar-refractivity contribution in [3.63, 3.8) is 0 Å². The van der Waals surface area contributed by atoms with E-state index in [1.807, 2.05) is 0 Å². The molecule has 0 saturated heterocycles. The topological polar surface area (TPSA) is 55.1 Å². The van der Waals surface area contributed by atoms with Crippen LogP contribution in [0.2, 0.25) is 0 Å². The van der Waals surface area contributed by atoms with Crippen LogP contribution in [0.15, 0.2) is 0 Å². The summed E-state index contributed by atoms with van der Waals surface area (Å²) < 4.78 is 0. The van der Waals surface area contributed by atoms with Crippen LogP contribution in [0, 0.1) is 17.8 Å². The Hall–Kier alpha value is -0.570. The molecule has 1 amide bonds. The average molecular weight is 238 g/mol. The zero-order valence-corrected chi connectivity index (χ0v) is 11.0. The number of hydrogen-bond donors (Lipinski definition) is 2. The van der Waals surface area contributed by atoms with Gasteiger partial charge in [0.1, 0.15) is 0 Å². The molecule has 0 aliphatic heterocycles. The van der Waals surface area contributed by atoms with E-state index in [1.54, 1.807) is 0 Å². The van der Waals surface area contributed by atoms with Crippen LogP contribution in [0.3, 0.4) is 0 Å². The van der Waals surface area contributed by atoms with E-state index in [0.29, 0.717) is 18.3 Å². The molecule has 2 rings (SSSR count). The van der Waals surface area contributed by atoms with Gasteiger partial charge < -0.3 is 11.1 Å². The van der Waals surface area contributed by atoms with Crippen molar-refractivity contribution in [1.82, 2.24) is 5.32 Å². The first-order chi connectivity index (χ1) is 8.15. The van der Waals surface area contributed by atoms with Crippen molar-refractivity contribution >= 4 is 5.91 Å². The van der Waals surface area contributed by atoms with Gasteiger partial charge in [-0.3, -0.25) is 4.79 Å². The van der Waals surface area contributed by atoms with Crippen molar-refractivity contribution in [3.05, 3.63) is 0 Å². The van der Waals surface area contributed by atoms with Gasteiger partial charge in [-0.1, -0.05) is 19.8 Å². The highest BCUT2D eigenvalue weighted by molar-refractivity contribution is 5.76. The molecule has 0 bridgehead atoms. The Morgan fingerprint density at radius 1 is 1.24 bits per heavy atom. The van der Waals surface area contributed by atoms with E-state index in [0.717, 1.165) is 12.5 Å². The summed E-state index contributed by atoms with van der Waals surface area (Å²) >= 11 is 0. The number of carbonyl (C=O) groups is 1. The minimum absolute atomic E-state index is 0.0985. The van der Waals surface area contributed by atoms with Gasteiger partial charge in [-0.2, -0.15) is 0 Å². The lowest BCUT2D eigenvalue weighted by Gasteiger charge is -2.26. The minimum atomic E-state index is 0.0985. The number of rotatable bonds is 5. The molecule has 0 radical (unpaired) electrons. The summed E-state index contributed by atoms with van der Waals surface area (Å²) in [6.45, 7) is 3.19. The largest absolute Gasteiger partial charge is 0.356 e. The van der Waals surface area contributed by atoms with Crippen molar-refractivity contribution in [2.45, 2.75) is 57.9 Å². The van der Waals surface area contributed by atoms with Gasteiger partial charge in [0.25, 0.3) is 0 Å². The molecule has 2 fully saturated rings. The first kappa shape index (κ1) is 12.9. The number of nitrogens with two attached hydrogens (primary N) is 1. The predicted octanol–water partition coefficient (Wildman–Crippen LogP) is 2.06. The zero-order chi connectivity index (χ0) is 12.3. The monoisotopic (exact) mass is 238 g/mol. The molecule has 2 saturated carbocycles. The molecule has 1 atom stereocenters. The van der Waals surface area contributed by atoms with Crippen LogP contribution in [0.4, 0.5) is 0 Å². The van der Waals surface area contributed by atoms with Crippen LogP contribution in [-0.4, -0.2) is 18.5 Å². The molecule has 0 heterocycles. The highest BCUT2D eigenvalue weighted by Gasteiger charge is 2.29. The molecule has 0 spiro atoms. The molecule has 17 heavy (non-hydrogen) atoms. The molecule has 3 nitrogen and oxygen atoms in total. The lowest BCUT2D eigenvalue weighted by molar-refractivity contribution is -0.121. The van der Waals surface area contributed by atoms with Gasteiger partial charge in [0.15, 0.2) is 0 Å². The maximum Gasteiger partial charge on any atom is 0.221 e. The Balaban J connectivity index is 1.59. The van der Waals surface area contributed by atoms with Crippen molar-refractivity contribution in [2.75, 3.05) is 6.54 Å². The SMILES string of the molecule is CC1CCC(CNC(=O)CC(N)C2CC2)CC1. The fourth-order valence-corrected chi connectivity index (χ4v) is 2.77. The molecule has 0 aromatic heterocycles. The Bertz CT molecular complexity index is 255. The van der Waals surface area contributed by atoms with E-state index < -0.39 is 0 Å². The first-order valence-electron chi connectivity index (χ1n) is 7.17. The smallest absolute Gasteiger partial charge is 0.221 e. The second kappa shape index (κ2) is 5.85. The lowest BCUT2D eigenvalue weighted by atomic mass is 9.83. The minimum Gasteiger partial charge on any atom is -0.356 e. The number of nitrogens with one attached hydrogen (secondary N) is 1. The van der Waals surface area contributed by atoms with Crippen molar-refractivity contribution in [1.29, 1.82) is 0 Å². The van der Waals surface area contributed by atoms with E-state index in [2.05, 4.69) is 12.2 Å². The van der Waals surface area contributed by atoms with Gasteiger partial charge in [0.2, 0.25) is 5.91 Å². The highest BCUT2D eigenvalue weighted by Crippen LogP contribution is 2.32. The number of hydrogen-bond acceptors (Lipinski definition) is 2. The fourth-order valence-electron chi connectivity index (χ4n) is 2.77. The lowest BCUT2D eigenvalue weighted by Crippen LogP contribution is -2.36. The summed E-state index contributed by atoms with van der Waals surface area (Å²) in [6, 6.07) is 0.0985. The van der Waals surface area contributed by atoms with Gasteiger partial charge in [0.05, 0.1) is 0 Å². The third-order valence-corrected chi connectivity index (χ3v) is 4.37. The third kappa shape index (κ3) is 4.30. The summed E-state index contributed by atoms with van der Waals surface area (Å²) in [5, 5.41) is 3.06. The van der Waals surface area contributed by atoms with E-state index in [1.165, 1.54) is 38.5 Å². The van der Waals surface area contributed by atoms with Gasteiger partial charge >= 0.3 is 0 Å². The maximum absolute atomic E-state index is 11.7. The first-order valence-corrected chi connectivity index (χ1v) is 7.17. The molecule has 2 aliphatic rings. The van der Waals surface area contributed by atoms with Gasteiger partial charge in [0, 0.05) is 19.0 Å². The van der Waals surface area contributed by atoms with Crippen molar-refractivity contribution in [2.24, 2.45) is 23.5 Å². The van der Waals surface area contributed by atoms with Crippen molar-refractivity contribution < 1.29 is 4.79 Å². The third-order valence-electron chi connectivity index (χ3n) is 4.37.